The second-order valence-corrected chi connectivity index (χ2v) is 13.3. The largest absolute Gasteiger partial charge is 0.465 e. The summed E-state index contributed by atoms with van der Waals surface area (Å²) in [7, 11) is -2.25. The Morgan fingerprint density at radius 2 is 1.98 bits per heavy atom. The number of alkyl halides is 3. The lowest BCUT2D eigenvalue weighted by atomic mass is 10.00. The van der Waals surface area contributed by atoms with Crippen molar-refractivity contribution in [2.24, 2.45) is 0 Å². The van der Waals surface area contributed by atoms with Crippen LogP contribution in [-0.4, -0.2) is 70.9 Å². The Morgan fingerprint density at radius 3 is 2.61 bits per heavy atom. The van der Waals surface area contributed by atoms with Crippen LogP contribution in [0.5, 0.6) is 0 Å². The van der Waals surface area contributed by atoms with E-state index >= 15 is 0 Å². The average Bonchev–Trinajstić information content (AvgIpc) is 2.90. The molecule has 41 heavy (non-hydrogen) atoms. The Kier molecular flexibility index (Phi) is 9.07. The van der Waals surface area contributed by atoms with E-state index in [-0.39, 0.29) is 67.8 Å². The lowest BCUT2D eigenvalue weighted by Crippen LogP contribution is -2.48. The van der Waals surface area contributed by atoms with Gasteiger partial charge in [0.2, 0.25) is 0 Å². The maximum absolute atomic E-state index is 14.3. The van der Waals surface area contributed by atoms with Gasteiger partial charge >= 0.3 is 12.3 Å². The summed E-state index contributed by atoms with van der Waals surface area (Å²) >= 11 is 9.34. The molecule has 0 saturated carbocycles. The van der Waals surface area contributed by atoms with Gasteiger partial charge in [0.15, 0.2) is 9.84 Å². The summed E-state index contributed by atoms with van der Waals surface area (Å²) < 4.78 is 69.3. The molecule has 1 aliphatic heterocycles. The molecule has 0 unspecified atom stereocenters. The number of rotatable bonds is 7. The van der Waals surface area contributed by atoms with Gasteiger partial charge in [0, 0.05) is 35.7 Å². The number of benzene rings is 2. The van der Waals surface area contributed by atoms with Gasteiger partial charge in [0.25, 0.3) is 5.56 Å². The van der Waals surface area contributed by atoms with Crippen molar-refractivity contribution in [2.45, 2.75) is 50.0 Å². The molecule has 1 aliphatic rings. The predicted molar refractivity (Wildman–Crippen MR) is 151 cm³/mol. The van der Waals surface area contributed by atoms with E-state index in [0.717, 1.165) is 21.9 Å². The summed E-state index contributed by atoms with van der Waals surface area (Å²) in [6.45, 7) is 1.79. The van der Waals surface area contributed by atoms with Crippen LogP contribution in [0.3, 0.4) is 0 Å². The number of likely N-dealkylation sites (N-methyl/N-ethyl adjacent to an activating group) is 1. The summed E-state index contributed by atoms with van der Waals surface area (Å²) in [5.41, 5.74) is -1.68. The van der Waals surface area contributed by atoms with Crippen molar-refractivity contribution in [3.63, 3.8) is 0 Å². The fourth-order valence-electron chi connectivity index (χ4n) is 5.01. The van der Waals surface area contributed by atoms with Crippen molar-refractivity contribution < 1.29 is 31.5 Å². The Labute approximate surface area is 247 Å². The van der Waals surface area contributed by atoms with Gasteiger partial charge in [-0.05, 0) is 70.7 Å². The van der Waals surface area contributed by atoms with Crippen LogP contribution in [0.15, 0.2) is 44.8 Å². The Balaban J connectivity index is 1.78. The van der Waals surface area contributed by atoms with Gasteiger partial charge in [-0.3, -0.25) is 14.3 Å². The van der Waals surface area contributed by atoms with E-state index < -0.39 is 33.2 Å². The van der Waals surface area contributed by atoms with Gasteiger partial charge in [-0.1, -0.05) is 18.5 Å². The van der Waals surface area contributed by atoms with Crippen molar-refractivity contribution in [1.82, 2.24) is 19.4 Å². The highest BCUT2D eigenvalue weighted by molar-refractivity contribution is 9.10. The number of hydrogen-bond donors (Lipinski definition) is 1. The molecule has 2 aromatic carbocycles. The number of hydrogen-bond acceptors (Lipinski definition) is 6. The number of halogens is 5. The number of amides is 1. The molecule has 0 radical (unpaired) electrons. The molecule has 2 heterocycles. The summed E-state index contributed by atoms with van der Waals surface area (Å²) in [6.07, 6.45) is -3.55. The lowest BCUT2D eigenvalue weighted by Gasteiger charge is -2.37. The molecule has 1 saturated heterocycles. The molecule has 0 bridgehead atoms. The van der Waals surface area contributed by atoms with Crippen molar-refractivity contribution in [1.29, 1.82) is 0 Å². The fraction of sp³-hybridized carbons (Fsp3) is 0.423. The van der Waals surface area contributed by atoms with E-state index in [9.17, 15) is 36.3 Å². The van der Waals surface area contributed by atoms with E-state index in [2.05, 4.69) is 20.9 Å². The molecule has 1 aromatic heterocycles. The minimum Gasteiger partial charge on any atom is -0.465 e. The standard InChI is InChI=1S/C26H27BrClF3N4O5S/c1-3-41(39,40)21-7-6-16(28)9-15(21)11-35-14-32-23-18(24(35)36)10-20(26(29,30)31)19(22(23)27)13-34-8-4-5-17(12-34)33(2)25(37)38/h6-7,9-10,14,17H,3-5,8,11-13H2,1-2H3,(H,37,38)/t17-/m0/s1. The maximum Gasteiger partial charge on any atom is 0.416 e. The number of likely N-dealkylation sites (tertiary alicyclic amines) is 1. The van der Waals surface area contributed by atoms with Gasteiger partial charge < -0.3 is 10.0 Å². The summed E-state index contributed by atoms with van der Waals surface area (Å²) in [5.74, 6) is -0.193. The maximum atomic E-state index is 14.3. The first-order valence-electron chi connectivity index (χ1n) is 12.6. The SMILES string of the molecule is CCS(=O)(=O)c1ccc(Cl)cc1Cn1cnc2c(Br)c(CN3CCC[C@H](N(C)C(=O)O)C3)c(C(F)(F)F)cc2c1=O. The molecule has 1 amide bonds. The fourth-order valence-corrected chi connectivity index (χ4v) is 6.97. The highest BCUT2D eigenvalue weighted by Crippen LogP contribution is 2.39. The second-order valence-electron chi connectivity index (χ2n) is 9.87. The molecule has 1 fully saturated rings. The molecule has 1 N–H and O–H groups in total. The van der Waals surface area contributed by atoms with Crippen molar-refractivity contribution in [3.8, 4) is 0 Å². The summed E-state index contributed by atoms with van der Waals surface area (Å²) in [4.78, 5) is 32.0. The van der Waals surface area contributed by atoms with Gasteiger partial charge in [0.05, 0.1) is 40.0 Å². The number of sulfone groups is 1. The normalized spacial score (nSPS) is 16.7. The monoisotopic (exact) mass is 678 g/mol. The van der Waals surface area contributed by atoms with E-state index in [1.165, 1.54) is 32.2 Å². The Hall–Kier alpha value is -2.68. The third kappa shape index (κ3) is 6.55. The topological polar surface area (TPSA) is 113 Å². The molecule has 4 rings (SSSR count). The van der Waals surface area contributed by atoms with Crippen LogP contribution in [0.1, 0.15) is 36.5 Å². The minimum atomic E-state index is -4.80. The molecule has 222 valence electrons. The van der Waals surface area contributed by atoms with Crippen LogP contribution in [0.25, 0.3) is 10.9 Å². The first-order valence-corrected chi connectivity index (χ1v) is 15.4. The molecule has 3 aromatic rings. The lowest BCUT2D eigenvalue weighted by molar-refractivity contribution is -0.138. The Bertz CT molecular complexity index is 1670. The van der Waals surface area contributed by atoms with Gasteiger partial charge in [0.1, 0.15) is 0 Å². The van der Waals surface area contributed by atoms with Crippen LogP contribution >= 0.6 is 27.5 Å². The molecule has 9 nitrogen and oxygen atoms in total. The molecule has 1 atom stereocenters. The van der Waals surface area contributed by atoms with E-state index in [0.29, 0.717) is 19.4 Å². The van der Waals surface area contributed by atoms with Crippen LogP contribution in [0.2, 0.25) is 5.02 Å². The smallest absolute Gasteiger partial charge is 0.416 e. The molecule has 0 aliphatic carbocycles. The third-order valence-electron chi connectivity index (χ3n) is 7.25. The molecule has 0 spiro atoms. The minimum absolute atomic E-state index is 0.0114. The zero-order valence-electron chi connectivity index (χ0n) is 22.1. The molecular formula is C26H27BrClF3N4O5S. The van der Waals surface area contributed by atoms with Gasteiger partial charge in [-0.15, -0.1) is 0 Å². The van der Waals surface area contributed by atoms with Crippen molar-refractivity contribution in [3.05, 3.63) is 67.1 Å². The van der Waals surface area contributed by atoms with Gasteiger partial charge in [-0.2, -0.15) is 13.2 Å². The Morgan fingerprint density at radius 1 is 1.27 bits per heavy atom. The van der Waals surface area contributed by atoms with Crippen molar-refractivity contribution in [2.75, 3.05) is 25.9 Å². The van der Waals surface area contributed by atoms with E-state index in [1.807, 2.05) is 0 Å². The molecular weight excluding hydrogens is 653 g/mol. The van der Waals surface area contributed by atoms with Crippen LogP contribution in [0.4, 0.5) is 18.0 Å². The summed E-state index contributed by atoms with van der Waals surface area (Å²) in [5, 5.41) is 9.26. The van der Waals surface area contributed by atoms with Crippen LogP contribution in [0, 0.1) is 0 Å². The highest BCUT2D eigenvalue weighted by atomic mass is 79.9. The third-order valence-corrected chi connectivity index (χ3v) is 10.2. The number of nitrogens with zero attached hydrogens (tertiary/aromatic N) is 4. The number of fused-ring (bicyclic) bond motifs is 1. The van der Waals surface area contributed by atoms with E-state index in [1.54, 1.807) is 4.90 Å². The van der Waals surface area contributed by atoms with E-state index in [4.69, 9.17) is 11.6 Å². The number of carboxylic acid groups (broad SMARTS) is 1. The predicted octanol–water partition coefficient (Wildman–Crippen LogP) is 5.25. The molecule has 15 heteroatoms. The first-order chi connectivity index (χ1) is 19.1. The van der Waals surface area contributed by atoms with Crippen LogP contribution in [-0.2, 0) is 29.1 Å². The zero-order valence-corrected chi connectivity index (χ0v) is 25.2. The van der Waals surface area contributed by atoms with Crippen molar-refractivity contribution >= 4 is 54.4 Å². The zero-order chi connectivity index (χ0) is 30.3. The number of aromatic nitrogens is 2. The quantitative estimate of drug-likeness (QED) is 0.363. The van der Waals surface area contributed by atoms with Gasteiger partial charge in [-0.25, -0.2) is 18.2 Å². The second kappa shape index (κ2) is 11.9. The van der Waals surface area contributed by atoms with Crippen LogP contribution < -0.4 is 5.56 Å². The highest BCUT2D eigenvalue weighted by Gasteiger charge is 2.37. The number of carbonyl (C=O) groups is 1. The summed E-state index contributed by atoms with van der Waals surface area (Å²) in [6, 6.07) is 4.54. The number of piperidine rings is 1. The average molecular weight is 680 g/mol. The first kappa shape index (κ1) is 31.3.